The maximum absolute atomic E-state index is 13.8. The number of nitrogens with one attached hydrogen (secondary N) is 2. The van der Waals surface area contributed by atoms with Gasteiger partial charge in [0.25, 0.3) is 0 Å². The molecule has 4 nitrogen and oxygen atoms in total. The highest BCUT2D eigenvalue weighted by Gasteiger charge is 2.17. The van der Waals surface area contributed by atoms with Crippen molar-refractivity contribution in [2.45, 2.75) is 13.5 Å². The van der Waals surface area contributed by atoms with Gasteiger partial charge in [-0.05, 0) is 24.5 Å². The van der Waals surface area contributed by atoms with E-state index in [1.54, 1.807) is 18.5 Å². The Balaban J connectivity index is 1.66. The first-order chi connectivity index (χ1) is 14.9. The van der Waals surface area contributed by atoms with Crippen LogP contribution in [0.25, 0.3) is 10.9 Å². The summed E-state index contributed by atoms with van der Waals surface area (Å²) in [5.41, 5.74) is 1.91. The number of Topliss-reactive ketones (excluding diaryl/α,β-unsaturated/α-hetero) is 1. The second kappa shape index (κ2) is 10.1. The smallest absolute Gasteiger partial charge is 0.249 e. The molecule has 1 unspecified atom stereocenters. The van der Waals surface area contributed by atoms with E-state index in [0.29, 0.717) is 11.1 Å². The summed E-state index contributed by atoms with van der Waals surface area (Å²) in [7, 11) is 0. The lowest BCUT2D eigenvalue weighted by Crippen LogP contribution is -2.27. The highest BCUT2D eigenvalue weighted by atomic mass is 32.2. The van der Waals surface area contributed by atoms with Crippen LogP contribution in [-0.4, -0.2) is 22.4 Å². The Hall–Kier alpha value is -3.37. The van der Waals surface area contributed by atoms with Gasteiger partial charge in [-0.3, -0.25) is 9.59 Å². The van der Waals surface area contributed by atoms with Crippen LogP contribution in [0.1, 0.15) is 22.8 Å². The summed E-state index contributed by atoms with van der Waals surface area (Å²) in [5.74, 6) is 0.134. The van der Waals surface area contributed by atoms with Crippen LogP contribution in [-0.2, 0) is 11.3 Å². The first kappa shape index (κ1) is 22.3. The van der Waals surface area contributed by atoms with E-state index in [0.717, 1.165) is 23.0 Å². The second-order valence-corrected chi connectivity index (χ2v) is 7.72. The number of H-pyrrole nitrogens is 1. The first-order valence-corrected chi connectivity index (χ1v) is 10.5. The van der Waals surface area contributed by atoms with Crippen molar-refractivity contribution in [3.8, 4) is 12.3 Å². The number of para-hydroxylation sites is 1. The first-order valence-electron chi connectivity index (χ1n) is 9.50. The Morgan fingerprint density at radius 2 is 2.03 bits per heavy atom. The fourth-order valence-corrected chi connectivity index (χ4v) is 3.85. The molecule has 2 N–H and O–H groups in total. The minimum Gasteiger partial charge on any atom is -0.360 e. The molecule has 0 spiro atoms. The number of hydrogen-bond acceptors (Lipinski definition) is 3. The number of terminal acetylenes is 1. The van der Waals surface area contributed by atoms with E-state index in [2.05, 4.69) is 16.2 Å². The van der Waals surface area contributed by atoms with E-state index in [1.165, 1.54) is 17.8 Å². The molecule has 3 aromatic rings. The molecule has 0 saturated heterocycles. The largest absolute Gasteiger partial charge is 0.360 e. The van der Waals surface area contributed by atoms with Crippen molar-refractivity contribution in [2.24, 2.45) is 5.92 Å². The molecule has 158 valence electrons. The summed E-state index contributed by atoms with van der Waals surface area (Å²) in [4.78, 5) is 28.3. The monoisotopic (exact) mass is 438 g/mol. The molecule has 0 radical (unpaired) electrons. The average Bonchev–Trinajstić information content (AvgIpc) is 3.19. The third-order valence-corrected chi connectivity index (χ3v) is 5.60. The molecular formula is C24H20F2N2O2S. The van der Waals surface area contributed by atoms with Gasteiger partial charge in [0.2, 0.25) is 5.91 Å². The predicted molar refractivity (Wildman–Crippen MR) is 119 cm³/mol. The predicted octanol–water partition coefficient (Wildman–Crippen LogP) is 4.83. The Morgan fingerprint density at radius 3 is 2.77 bits per heavy atom. The van der Waals surface area contributed by atoms with Crippen LogP contribution in [0, 0.1) is 29.9 Å². The fourth-order valence-electron chi connectivity index (χ4n) is 2.97. The number of aromatic amines is 1. The zero-order valence-corrected chi connectivity index (χ0v) is 17.6. The van der Waals surface area contributed by atoms with Crippen LogP contribution < -0.4 is 5.32 Å². The van der Waals surface area contributed by atoms with Crippen LogP contribution >= 0.6 is 11.8 Å². The van der Waals surface area contributed by atoms with Crippen molar-refractivity contribution in [3.05, 3.63) is 82.4 Å². The molecule has 1 aromatic heterocycles. The van der Waals surface area contributed by atoms with Crippen LogP contribution in [0.15, 0.2) is 59.6 Å². The number of hydrogen-bond donors (Lipinski definition) is 2. The van der Waals surface area contributed by atoms with E-state index in [4.69, 9.17) is 6.42 Å². The van der Waals surface area contributed by atoms with Gasteiger partial charge in [0, 0.05) is 52.3 Å². The van der Waals surface area contributed by atoms with Gasteiger partial charge in [-0.15, -0.1) is 18.2 Å². The lowest BCUT2D eigenvalue weighted by atomic mass is 10.0. The fraction of sp³-hybridized carbons (Fsp3) is 0.167. The Kier molecular flexibility index (Phi) is 7.27. The van der Waals surface area contributed by atoms with Gasteiger partial charge in [-0.1, -0.05) is 30.2 Å². The summed E-state index contributed by atoms with van der Waals surface area (Å²) in [6, 6.07) is 10.7. The number of benzene rings is 2. The summed E-state index contributed by atoms with van der Waals surface area (Å²) in [6.07, 6.45) is 7.15. The lowest BCUT2D eigenvalue weighted by molar-refractivity contribution is -0.118. The van der Waals surface area contributed by atoms with Gasteiger partial charge in [-0.25, -0.2) is 8.78 Å². The third-order valence-electron chi connectivity index (χ3n) is 4.75. The van der Waals surface area contributed by atoms with Gasteiger partial charge in [0.1, 0.15) is 11.6 Å². The Labute approximate surface area is 183 Å². The van der Waals surface area contributed by atoms with Crippen LogP contribution in [0.3, 0.4) is 0 Å². The van der Waals surface area contributed by atoms with E-state index in [9.17, 15) is 18.4 Å². The van der Waals surface area contributed by atoms with Crippen molar-refractivity contribution >= 4 is 34.4 Å². The number of aromatic nitrogens is 1. The van der Waals surface area contributed by atoms with Crippen molar-refractivity contribution < 1.29 is 18.4 Å². The minimum absolute atomic E-state index is 0.0831. The molecule has 0 bridgehead atoms. The van der Waals surface area contributed by atoms with Crippen molar-refractivity contribution in [1.82, 2.24) is 10.3 Å². The Morgan fingerprint density at radius 1 is 1.26 bits per heavy atom. The summed E-state index contributed by atoms with van der Waals surface area (Å²) in [6.45, 7) is 1.57. The number of thioether (sulfide) groups is 1. The maximum Gasteiger partial charge on any atom is 0.249 e. The molecule has 0 aliphatic carbocycles. The molecule has 31 heavy (non-hydrogen) atoms. The topological polar surface area (TPSA) is 62.0 Å². The van der Waals surface area contributed by atoms with Crippen molar-refractivity contribution in [1.29, 1.82) is 0 Å². The Bertz CT molecular complexity index is 1190. The molecule has 0 fully saturated rings. The lowest BCUT2D eigenvalue weighted by Gasteiger charge is -2.12. The zero-order valence-electron chi connectivity index (χ0n) is 16.7. The molecule has 1 heterocycles. The van der Waals surface area contributed by atoms with E-state index in [-0.39, 0.29) is 23.6 Å². The molecule has 0 aliphatic rings. The number of carbonyl (C=O) groups is 2. The summed E-state index contributed by atoms with van der Waals surface area (Å²) in [5, 5.41) is 5.00. The summed E-state index contributed by atoms with van der Waals surface area (Å²) < 4.78 is 26.8. The molecule has 1 atom stereocenters. The SMILES string of the molecule is C#CC(C)/C(=C\SCC(=O)c1c[nH]c2ccccc12)C(=O)NCc1ccc(F)cc1F. The minimum atomic E-state index is -0.741. The molecule has 2 aromatic carbocycles. The highest BCUT2D eigenvalue weighted by Crippen LogP contribution is 2.22. The number of carbonyl (C=O) groups excluding carboxylic acids is 2. The van der Waals surface area contributed by atoms with Crippen molar-refractivity contribution in [3.63, 3.8) is 0 Å². The third kappa shape index (κ3) is 5.41. The van der Waals surface area contributed by atoms with E-state index < -0.39 is 23.5 Å². The maximum atomic E-state index is 13.8. The van der Waals surface area contributed by atoms with Gasteiger partial charge in [0.15, 0.2) is 5.78 Å². The highest BCUT2D eigenvalue weighted by molar-refractivity contribution is 8.02. The van der Waals surface area contributed by atoms with Crippen molar-refractivity contribution in [2.75, 3.05) is 5.75 Å². The van der Waals surface area contributed by atoms with Crippen LogP contribution in [0.2, 0.25) is 0 Å². The molecule has 0 aliphatic heterocycles. The number of halogens is 2. The van der Waals surface area contributed by atoms with E-state index >= 15 is 0 Å². The van der Waals surface area contributed by atoms with E-state index in [1.807, 2.05) is 24.3 Å². The quantitative estimate of drug-likeness (QED) is 0.301. The molecule has 7 heteroatoms. The average molecular weight is 438 g/mol. The number of amides is 1. The second-order valence-electron chi connectivity index (χ2n) is 6.86. The van der Waals surface area contributed by atoms with Gasteiger partial charge in [-0.2, -0.15) is 0 Å². The van der Waals surface area contributed by atoms with Gasteiger partial charge >= 0.3 is 0 Å². The van der Waals surface area contributed by atoms with Crippen LogP contribution in [0.5, 0.6) is 0 Å². The number of rotatable bonds is 8. The molecule has 0 saturated carbocycles. The molecule has 1 amide bonds. The normalized spacial score (nSPS) is 12.4. The molecular weight excluding hydrogens is 418 g/mol. The van der Waals surface area contributed by atoms with Gasteiger partial charge in [0.05, 0.1) is 5.75 Å². The zero-order chi connectivity index (χ0) is 22.4. The van der Waals surface area contributed by atoms with Gasteiger partial charge < -0.3 is 10.3 Å². The molecule has 3 rings (SSSR count). The summed E-state index contributed by atoms with van der Waals surface area (Å²) >= 11 is 1.17. The van der Waals surface area contributed by atoms with Crippen LogP contribution in [0.4, 0.5) is 8.78 Å². The standard InChI is InChI=1S/C24H20F2N2O2S/c1-3-15(2)20(24(30)28-11-16-8-9-17(25)10-21(16)26)13-31-14-23(29)19-12-27-22-7-5-4-6-18(19)22/h1,4-10,12-13,15,27H,11,14H2,2H3,(H,28,30)/b20-13+. The number of fused-ring (bicyclic) bond motifs is 1. The number of ketones is 1.